The van der Waals surface area contributed by atoms with E-state index in [0.29, 0.717) is 0 Å². The lowest BCUT2D eigenvalue weighted by atomic mass is 9.91. The van der Waals surface area contributed by atoms with Crippen molar-refractivity contribution < 1.29 is 0 Å². The first-order valence-corrected chi connectivity index (χ1v) is 8.91. The molecule has 0 fully saturated rings. The number of hydrogen-bond acceptors (Lipinski definition) is 1. The summed E-state index contributed by atoms with van der Waals surface area (Å²) >= 11 is 6.70. The summed E-state index contributed by atoms with van der Waals surface area (Å²) in [7, 11) is 0. The Balaban J connectivity index is 2.07. The van der Waals surface area contributed by atoms with Gasteiger partial charge in [0.2, 0.25) is 0 Å². The van der Waals surface area contributed by atoms with Gasteiger partial charge in [0.25, 0.3) is 0 Å². The highest BCUT2D eigenvalue weighted by Crippen LogP contribution is 2.43. The maximum absolute atomic E-state index is 6.70. The van der Waals surface area contributed by atoms with Gasteiger partial charge in [0.15, 0.2) is 0 Å². The molecule has 2 aromatic heterocycles. The molecule has 3 aromatic carbocycles. The minimum Gasteiger partial charge on any atom is -0.232 e. The third-order valence-electron chi connectivity index (χ3n) is 4.74. The van der Waals surface area contributed by atoms with Crippen LogP contribution in [0.15, 0.2) is 91.1 Å². The van der Waals surface area contributed by atoms with Gasteiger partial charge in [0.1, 0.15) is 0 Å². The Morgan fingerprint density at radius 2 is 1.27 bits per heavy atom. The molecular formula is C23H15ClN2. The molecule has 2 heterocycles. The van der Waals surface area contributed by atoms with Crippen molar-refractivity contribution in [2.45, 2.75) is 0 Å². The van der Waals surface area contributed by atoms with Crippen LogP contribution < -0.4 is 0 Å². The first kappa shape index (κ1) is 15.2. The van der Waals surface area contributed by atoms with E-state index in [4.69, 9.17) is 11.6 Å². The topological polar surface area (TPSA) is 17.3 Å². The van der Waals surface area contributed by atoms with Crippen molar-refractivity contribution in [3.8, 4) is 22.3 Å². The van der Waals surface area contributed by atoms with Gasteiger partial charge in [0.05, 0.1) is 22.3 Å². The minimum atomic E-state index is 0.732. The summed E-state index contributed by atoms with van der Waals surface area (Å²) in [4.78, 5) is 0. The van der Waals surface area contributed by atoms with Gasteiger partial charge in [-0.25, -0.2) is 4.52 Å². The van der Waals surface area contributed by atoms with E-state index in [2.05, 4.69) is 65.8 Å². The van der Waals surface area contributed by atoms with Crippen molar-refractivity contribution >= 4 is 28.0 Å². The largest absolute Gasteiger partial charge is 0.232 e. The quantitative estimate of drug-likeness (QED) is 0.355. The van der Waals surface area contributed by atoms with E-state index in [-0.39, 0.29) is 0 Å². The maximum Gasteiger partial charge on any atom is 0.0753 e. The lowest BCUT2D eigenvalue weighted by Gasteiger charge is -2.17. The van der Waals surface area contributed by atoms with E-state index in [9.17, 15) is 0 Å². The molecule has 0 saturated carbocycles. The Kier molecular flexibility index (Phi) is 3.51. The zero-order valence-corrected chi connectivity index (χ0v) is 14.7. The van der Waals surface area contributed by atoms with Gasteiger partial charge < -0.3 is 0 Å². The zero-order valence-electron chi connectivity index (χ0n) is 13.9. The van der Waals surface area contributed by atoms with Crippen molar-refractivity contribution in [1.29, 1.82) is 0 Å². The zero-order chi connectivity index (χ0) is 17.5. The molecule has 2 nitrogen and oxygen atoms in total. The molecule has 0 bridgehead atoms. The van der Waals surface area contributed by atoms with Crippen LogP contribution in [0, 0.1) is 0 Å². The Hall–Kier alpha value is -3.10. The second kappa shape index (κ2) is 6.01. The Morgan fingerprint density at radius 1 is 0.615 bits per heavy atom. The van der Waals surface area contributed by atoms with Gasteiger partial charge in [0, 0.05) is 16.5 Å². The third-order valence-corrected chi connectivity index (χ3v) is 5.06. The molecule has 26 heavy (non-hydrogen) atoms. The van der Waals surface area contributed by atoms with Crippen LogP contribution in [0.1, 0.15) is 0 Å². The van der Waals surface area contributed by atoms with Crippen LogP contribution in [0.5, 0.6) is 0 Å². The molecule has 0 radical (unpaired) electrons. The van der Waals surface area contributed by atoms with Crippen LogP contribution in [0.3, 0.4) is 0 Å². The number of pyridine rings is 1. The van der Waals surface area contributed by atoms with Crippen LogP contribution in [0.25, 0.3) is 38.7 Å². The van der Waals surface area contributed by atoms with Gasteiger partial charge in [-0.05, 0) is 29.3 Å². The van der Waals surface area contributed by atoms with Crippen LogP contribution in [0.4, 0.5) is 0 Å². The van der Waals surface area contributed by atoms with Gasteiger partial charge in [-0.15, -0.1) is 0 Å². The molecule has 0 aliphatic rings. The molecule has 0 unspecified atom stereocenters. The van der Waals surface area contributed by atoms with Gasteiger partial charge in [-0.2, -0.15) is 5.10 Å². The smallest absolute Gasteiger partial charge is 0.0753 e. The average molecular weight is 355 g/mol. The Bertz CT molecular complexity index is 1230. The lowest BCUT2D eigenvalue weighted by molar-refractivity contribution is 1.01. The van der Waals surface area contributed by atoms with Crippen molar-refractivity contribution in [3.63, 3.8) is 0 Å². The molecule has 0 aliphatic carbocycles. The molecule has 0 atom stereocenters. The molecule has 0 aliphatic heterocycles. The first-order chi connectivity index (χ1) is 12.8. The fourth-order valence-corrected chi connectivity index (χ4v) is 3.93. The Morgan fingerprint density at radius 3 is 1.96 bits per heavy atom. The summed E-state index contributed by atoms with van der Waals surface area (Å²) in [6, 6.07) is 28.9. The van der Waals surface area contributed by atoms with Gasteiger partial charge in [-0.1, -0.05) is 78.3 Å². The summed E-state index contributed by atoms with van der Waals surface area (Å²) < 4.78 is 1.98. The number of halogens is 1. The minimum absolute atomic E-state index is 0.732. The second-order valence-electron chi connectivity index (χ2n) is 6.24. The summed E-state index contributed by atoms with van der Waals surface area (Å²) in [5.74, 6) is 0. The summed E-state index contributed by atoms with van der Waals surface area (Å²) in [6.07, 6.45) is 1.84. The molecule has 124 valence electrons. The molecule has 0 amide bonds. The van der Waals surface area contributed by atoms with E-state index in [1.165, 1.54) is 0 Å². The van der Waals surface area contributed by atoms with Crippen molar-refractivity contribution in [2.75, 3.05) is 0 Å². The maximum atomic E-state index is 6.70. The predicted octanol–water partition coefficient (Wildman–Crippen LogP) is 6.47. The van der Waals surface area contributed by atoms with E-state index >= 15 is 0 Å². The highest BCUT2D eigenvalue weighted by atomic mass is 35.5. The molecule has 0 spiro atoms. The van der Waals surface area contributed by atoms with E-state index in [0.717, 1.165) is 43.7 Å². The number of benzene rings is 3. The number of nitrogens with zero attached hydrogens (tertiary/aromatic N) is 2. The van der Waals surface area contributed by atoms with Crippen molar-refractivity contribution in [1.82, 2.24) is 9.61 Å². The summed E-state index contributed by atoms with van der Waals surface area (Å²) in [6.45, 7) is 0. The fourth-order valence-electron chi connectivity index (χ4n) is 3.66. The van der Waals surface area contributed by atoms with Crippen molar-refractivity contribution in [3.05, 3.63) is 96.1 Å². The van der Waals surface area contributed by atoms with Gasteiger partial charge in [-0.3, -0.25) is 0 Å². The molecule has 3 heteroatoms. The molecule has 0 N–H and O–H groups in total. The molecule has 5 rings (SSSR count). The fraction of sp³-hybridized carbons (Fsp3) is 0. The van der Waals surface area contributed by atoms with Crippen LogP contribution in [0.2, 0.25) is 5.02 Å². The third kappa shape index (κ3) is 2.23. The standard InChI is InChI=1S/C23H15ClN2/c24-18-12-7-13-19-23(18)22(17-10-5-2-6-11-17)21(16-8-3-1-4-9-16)20-14-15-25-26(19)20/h1-15H. The molecule has 0 saturated heterocycles. The number of fused-ring (bicyclic) bond motifs is 3. The second-order valence-corrected chi connectivity index (χ2v) is 6.65. The predicted molar refractivity (Wildman–Crippen MR) is 109 cm³/mol. The van der Waals surface area contributed by atoms with Crippen LogP contribution in [-0.4, -0.2) is 9.61 Å². The number of hydrogen-bond donors (Lipinski definition) is 0. The number of aromatic nitrogens is 2. The average Bonchev–Trinajstić information content (AvgIpc) is 3.18. The van der Waals surface area contributed by atoms with Crippen LogP contribution in [-0.2, 0) is 0 Å². The Labute approximate surface area is 156 Å². The lowest BCUT2D eigenvalue weighted by Crippen LogP contribution is -1.97. The van der Waals surface area contributed by atoms with Crippen LogP contribution >= 0.6 is 11.6 Å². The summed E-state index contributed by atoms with van der Waals surface area (Å²) in [5, 5.41) is 6.32. The SMILES string of the molecule is Clc1cccc2c1c(-c1ccccc1)c(-c1ccccc1)c1ccnn12. The molecule has 5 aromatic rings. The summed E-state index contributed by atoms with van der Waals surface area (Å²) in [5.41, 5.74) is 6.67. The van der Waals surface area contributed by atoms with Gasteiger partial charge >= 0.3 is 0 Å². The molecular weight excluding hydrogens is 340 g/mol. The monoisotopic (exact) mass is 354 g/mol. The van der Waals surface area contributed by atoms with E-state index in [1.54, 1.807) is 0 Å². The highest BCUT2D eigenvalue weighted by molar-refractivity contribution is 6.37. The van der Waals surface area contributed by atoms with Crippen molar-refractivity contribution in [2.24, 2.45) is 0 Å². The van der Waals surface area contributed by atoms with E-state index in [1.807, 2.05) is 35.0 Å². The highest BCUT2D eigenvalue weighted by Gasteiger charge is 2.19. The first-order valence-electron chi connectivity index (χ1n) is 8.53. The normalized spacial score (nSPS) is 11.3. The van der Waals surface area contributed by atoms with E-state index < -0.39 is 0 Å². The number of rotatable bonds is 2.